The van der Waals surface area contributed by atoms with Gasteiger partial charge in [0.2, 0.25) is 5.96 Å². The topological polar surface area (TPSA) is 71.7 Å². The summed E-state index contributed by atoms with van der Waals surface area (Å²) in [6.07, 6.45) is 1.85. The van der Waals surface area contributed by atoms with Crippen LogP contribution in [0.5, 0.6) is 0 Å². The Balaban J connectivity index is 1.55. The fourth-order valence-electron chi connectivity index (χ4n) is 5.38. The largest absolute Gasteiger partial charge is 0.480 e. The Morgan fingerprint density at radius 2 is 1.68 bits per heavy atom. The summed E-state index contributed by atoms with van der Waals surface area (Å²) in [7, 11) is 3.60. The predicted molar refractivity (Wildman–Crippen MR) is 152 cm³/mol. The van der Waals surface area contributed by atoms with Gasteiger partial charge in [0.05, 0.1) is 24.2 Å². The van der Waals surface area contributed by atoms with Crippen molar-refractivity contribution < 1.29 is 9.90 Å². The fourth-order valence-corrected chi connectivity index (χ4v) is 5.63. The maximum Gasteiger partial charge on any atom is 0.323 e. The van der Waals surface area contributed by atoms with Crippen LogP contribution in [-0.2, 0) is 23.2 Å². The van der Waals surface area contributed by atoms with Crippen LogP contribution in [-0.4, -0.2) is 64.8 Å². The molecule has 196 valence electrons. The first kappa shape index (κ1) is 26.1. The van der Waals surface area contributed by atoms with E-state index in [2.05, 4.69) is 24.3 Å². The first-order valence-corrected chi connectivity index (χ1v) is 13.2. The van der Waals surface area contributed by atoms with Crippen LogP contribution in [0.3, 0.4) is 0 Å². The number of likely N-dealkylation sites (N-methyl/N-ethyl adjacent to an activating group) is 1. The van der Waals surface area contributed by atoms with Crippen molar-refractivity contribution in [2.75, 3.05) is 27.2 Å². The lowest BCUT2D eigenvalue weighted by Gasteiger charge is -2.31. The molecule has 38 heavy (non-hydrogen) atoms. The van der Waals surface area contributed by atoms with Crippen molar-refractivity contribution in [2.45, 2.75) is 24.8 Å². The Kier molecular flexibility index (Phi) is 7.32. The van der Waals surface area contributed by atoms with Crippen molar-refractivity contribution in [2.24, 2.45) is 10.2 Å². The van der Waals surface area contributed by atoms with Gasteiger partial charge in [0.25, 0.3) is 0 Å². The molecule has 0 radical (unpaired) electrons. The number of halogens is 2. The van der Waals surface area contributed by atoms with Gasteiger partial charge in [-0.25, -0.2) is 5.01 Å². The average molecular weight is 550 g/mol. The quantitative estimate of drug-likeness (QED) is 0.256. The van der Waals surface area contributed by atoms with Gasteiger partial charge >= 0.3 is 5.97 Å². The Hall–Kier alpha value is -3.55. The van der Waals surface area contributed by atoms with E-state index in [1.165, 1.54) is 11.1 Å². The first-order chi connectivity index (χ1) is 18.2. The van der Waals surface area contributed by atoms with Crippen molar-refractivity contribution in [1.29, 1.82) is 0 Å². The number of aryl methyl sites for hydroxylation is 1. The highest BCUT2D eigenvalue weighted by Crippen LogP contribution is 2.45. The van der Waals surface area contributed by atoms with E-state index in [-0.39, 0.29) is 12.0 Å². The molecule has 5 rings (SSSR count). The van der Waals surface area contributed by atoms with E-state index in [0.717, 1.165) is 29.7 Å². The molecule has 0 saturated carbocycles. The molecule has 3 aromatic carbocycles. The third kappa shape index (κ3) is 5.22. The van der Waals surface area contributed by atoms with Crippen LogP contribution in [0.15, 0.2) is 83.0 Å². The number of carboxylic acid groups (broad SMARTS) is 1. The fraction of sp³-hybridized carbons (Fsp3) is 0.276. The minimum Gasteiger partial charge on any atom is -0.480 e. The SMILES string of the molecule is CN(Cc1ccc(Cl)cc1)/N=C(\N(C)CC(=O)O)N1CC2(CCc3ccccc32)C(c2ccc(Cl)cc2)=N1. The Morgan fingerprint density at radius 3 is 2.37 bits per heavy atom. The van der Waals surface area contributed by atoms with Crippen molar-refractivity contribution in [3.8, 4) is 0 Å². The standard InChI is InChI=1S/C29H29Cl2N5O2/c1-34(18-26(37)38)28(33-35(2)17-20-7-11-23(30)12-8-20)36-19-29(16-15-21-5-3-4-6-25(21)29)27(32-36)22-9-13-24(31)14-10-22/h3-14H,15-19H2,1-2H3,(H,37,38)/b33-28+. The van der Waals surface area contributed by atoms with Crippen LogP contribution in [0.25, 0.3) is 0 Å². The molecule has 0 aromatic heterocycles. The van der Waals surface area contributed by atoms with Gasteiger partial charge in [-0.3, -0.25) is 9.80 Å². The van der Waals surface area contributed by atoms with E-state index < -0.39 is 5.97 Å². The lowest BCUT2D eigenvalue weighted by atomic mass is 9.75. The lowest BCUT2D eigenvalue weighted by Crippen LogP contribution is -2.45. The molecule has 1 heterocycles. The van der Waals surface area contributed by atoms with E-state index in [1.54, 1.807) is 17.0 Å². The maximum atomic E-state index is 11.7. The number of hydrogen-bond donors (Lipinski definition) is 1. The number of hydrazone groups is 2. The average Bonchev–Trinajstić information content (AvgIpc) is 3.46. The van der Waals surface area contributed by atoms with Gasteiger partial charge in [0.15, 0.2) is 0 Å². The molecule has 0 saturated heterocycles. The van der Waals surface area contributed by atoms with Gasteiger partial charge in [-0.2, -0.15) is 5.10 Å². The van der Waals surface area contributed by atoms with Crippen molar-refractivity contribution in [3.63, 3.8) is 0 Å². The highest BCUT2D eigenvalue weighted by Gasteiger charge is 2.50. The zero-order chi connectivity index (χ0) is 26.9. The second kappa shape index (κ2) is 10.7. The number of carboxylic acids is 1. The van der Waals surface area contributed by atoms with Crippen molar-refractivity contribution in [3.05, 3.63) is 105 Å². The molecule has 2 aliphatic rings. The van der Waals surface area contributed by atoms with Crippen LogP contribution in [0.1, 0.15) is 28.7 Å². The van der Waals surface area contributed by atoms with E-state index >= 15 is 0 Å². The summed E-state index contributed by atoms with van der Waals surface area (Å²) in [6.45, 7) is 0.871. The molecule has 7 nitrogen and oxygen atoms in total. The third-order valence-corrected chi connectivity index (χ3v) is 7.60. The molecule has 1 aliphatic carbocycles. The van der Waals surface area contributed by atoms with Gasteiger partial charge in [-0.1, -0.05) is 71.7 Å². The second-order valence-electron chi connectivity index (χ2n) is 9.84. The monoisotopic (exact) mass is 549 g/mol. The van der Waals surface area contributed by atoms with Gasteiger partial charge < -0.3 is 10.0 Å². The van der Waals surface area contributed by atoms with Crippen LogP contribution in [0.2, 0.25) is 10.0 Å². The summed E-state index contributed by atoms with van der Waals surface area (Å²) in [4.78, 5) is 13.3. The van der Waals surface area contributed by atoms with E-state index in [4.69, 9.17) is 33.4 Å². The van der Waals surface area contributed by atoms with Gasteiger partial charge in [0, 0.05) is 24.1 Å². The number of rotatable bonds is 6. The smallest absolute Gasteiger partial charge is 0.323 e. The summed E-state index contributed by atoms with van der Waals surface area (Å²) < 4.78 is 0. The molecule has 1 unspecified atom stereocenters. The molecular formula is C29H29Cl2N5O2. The molecule has 0 amide bonds. The molecule has 1 spiro atoms. The molecule has 1 N–H and O–H groups in total. The lowest BCUT2D eigenvalue weighted by molar-refractivity contribution is -0.137. The Morgan fingerprint density at radius 1 is 1.03 bits per heavy atom. The van der Waals surface area contributed by atoms with E-state index in [0.29, 0.717) is 29.1 Å². The molecule has 0 bridgehead atoms. The molecule has 0 fully saturated rings. The Labute approximate surface area is 232 Å². The number of carbonyl (C=O) groups is 1. The summed E-state index contributed by atoms with van der Waals surface area (Å²) in [5, 5.41) is 24.5. The zero-order valence-corrected chi connectivity index (χ0v) is 22.8. The van der Waals surface area contributed by atoms with Crippen LogP contribution in [0, 0.1) is 0 Å². The summed E-state index contributed by atoms with van der Waals surface area (Å²) >= 11 is 12.3. The second-order valence-corrected chi connectivity index (χ2v) is 10.7. The van der Waals surface area contributed by atoms with Gasteiger partial charge in [0.1, 0.15) is 6.54 Å². The number of aliphatic carboxylic acids is 1. The molecule has 1 atom stereocenters. The van der Waals surface area contributed by atoms with Crippen LogP contribution < -0.4 is 0 Å². The van der Waals surface area contributed by atoms with Gasteiger partial charge in [-0.15, -0.1) is 5.10 Å². The number of nitrogens with zero attached hydrogens (tertiary/aromatic N) is 5. The number of guanidine groups is 1. The molecule has 9 heteroatoms. The van der Waals surface area contributed by atoms with Crippen molar-refractivity contribution >= 4 is 40.8 Å². The first-order valence-electron chi connectivity index (χ1n) is 12.4. The summed E-state index contributed by atoms with van der Waals surface area (Å²) in [6, 6.07) is 23.8. The summed E-state index contributed by atoms with van der Waals surface area (Å²) in [5.74, 6) is -0.473. The number of fused-ring (bicyclic) bond motifs is 2. The molecule has 3 aromatic rings. The summed E-state index contributed by atoms with van der Waals surface area (Å²) in [5.41, 5.74) is 5.19. The number of benzene rings is 3. The van der Waals surface area contributed by atoms with Gasteiger partial charge in [-0.05, 0) is 59.4 Å². The minimum atomic E-state index is -0.942. The zero-order valence-electron chi connectivity index (χ0n) is 21.3. The normalized spacial score (nSPS) is 18.5. The molecular weight excluding hydrogens is 521 g/mol. The predicted octanol–water partition coefficient (Wildman–Crippen LogP) is 5.32. The maximum absolute atomic E-state index is 11.7. The molecule has 1 aliphatic heterocycles. The third-order valence-electron chi connectivity index (χ3n) is 7.09. The van der Waals surface area contributed by atoms with E-state index in [9.17, 15) is 9.90 Å². The van der Waals surface area contributed by atoms with Crippen LogP contribution in [0.4, 0.5) is 0 Å². The highest BCUT2D eigenvalue weighted by molar-refractivity contribution is 6.31. The minimum absolute atomic E-state index is 0.209. The van der Waals surface area contributed by atoms with E-state index in [1.807, 2.05) is 60.6 Å². The van der Waals surface area contributed by atoms with Crippen LogP contribution >= 0.6 is 23.2 Å². The Bertz CT molecular complexity index is 1390. The van der Waals surface area contributed by atoms with Crippen molar-refractivity contribution in [1.82, 2.24) is 14.9 Å². The number of hydrogen-bond acceptors (Lipinski definition) is 4. The highest BCUT2D eigenvalue weighted by atomic mass is 35.5.